The monoisotopic (exact) mass is 244 g/mol. The minimum atomic E-state index is -0.904. The second-order valence-electron chi connectivity index (χ2n) is 5.74. The maximum absolute atomic E-state index is 14.1. The molecule has 17 heavy (non-hydrogen) atoms. The van der Waals surface area contributed by atoms with Crippen molar-refractivity contribution in [3.05, 3.63) is 0 Å². The van der Waals surface area contributed by atoms with Crippen molar-refractivity contribution in [1.82, 2.24) is 0 Å². The third-order valence-corrected chi connectivity index (χ3v) is 3.60. The highest BCUT2D eigenvalue weighted by molar-refractivity contribution is 4.73. The molecule has 0 rings (SSSR count). The molecule has 0 atom stereocenters. The zero-order valence-corrected chi connectivity index (χ0v) is 12.4. The quantitative estimate of drug-likeness (QED) is 0.347. The largest absolute Gasteiger partial charge is 0.244 e. The highest BCUT2D eigenvalue weighted by atomic mass is 19.1. The summed E-state index contributed by atoms with van der Waals surface area (Å²) in [7, 11) is 0. The second kappa shape index (κ2) is 11.0. The summed E-state index contributed by atoms with van der Waals surface area (Å²) in [6, 6.07) is 0. The molecule has 0 heterocycles. The highest BCUT2D eigenvalue weighted by Crippen LogP contribution is 2.26. The van der Waals surface area contributed by atoms with E-state index >= 15 is 0 Å². The van der Waals surface area contributed by atoms with Gasteiger partial charge in [-0.3, -0.25) is 0 Å². The van der Waals surface area contributed by atoms with Crippen LogP contribution >= 0.6 is 0 Å². The lowest BCUT2D eigenvalue weighted by Gasteiger charge is -2.20. The molecular weight excluding hydrogens is 211 g/mol. The van der Waals surface area contributed by atoms with Gasteiger partial charge in [0.15, 0.2) is 0 Å². The normalized spacial score (nSPS) is 12.0. The van der Waals surface area contributed by atoms with Crippen molar-refractivity contribution in [2.45, 2.75) is 103 Å². The van der Waals surface area contributed by atoms with Crippen LogP contribution in [0.3, 0.4) is 0 Å². The number of hydrogen-bond donors (Lipinski definition) is 0. The fraction of sp³-hybridized carbons (Fsp3) is 1.00. The van der Waals surface area contributed by atoms with Crippen molar-refractivity contribution in [2.24, 2.45) is 0 Å². The van der Waals surface area contributed by atoms with Gasteiger partial charge in [-0.15, -0.1) is 0 Å². The van der Waals surface area contributed by atoms with E-state index in [0.29, 0.717) is 0 Å². The molecule has 0 aromatic carbocycles. The number of hydrogen-bond acceptors (Lipinski definition) is 0. The molecule has 0 nitrogen and oxygen atoms in total. The van der Waals surface area contributed by atoms with Crippen molar-refractivity contribution in [3.8, 4) is 0 Å². The summed E-state index contributed by atoms with van der Waals surface area (Å²) in [6.45, 7) is 6.23. The van der Waals surface area contributed by atoms with Gasteiger partial charge in [-0.2, -0.15) is 0 Å². The molecule has 0 aliphatic rings. The Bertz CT molecular complexity index is 136. The lowest BCUT2D eigenvalue weighted by atomic mass is 9.93. The van der Waals surface area contributed by atoms with Crippen LogP contribution in [-0.2, 0) is 0 Å². The third-order valence-electron chi connectivity index (χ3n) is 3.60. The van der Waals surface area contributed by atoms with Crippen LogP contribution < -0.4 is 0 Å². The fourth-order valence-corrected chi connectivity index (χ4v) is 2.32. The molecule has 0 N–H and O–H groups in total. The van der Waals surface area contributed by atoms with Crippen molar-refractivity contribution in [3.63, 3.8) is 0 Å². The van der Waals surface area contributed by atoms with E-state index in [9.17, 15) is 4.39 Å². The van der Waals surface area contributed by atoms with Crippen LogP contribution in [0.1, 0.15) is 97.8 Å². The number of alkyl halides is 1. The van der Waals surface area contributed by atoms with Gasteiger partial charge in [0.2, 0.25) is 0 Å². The molecule has 0 aromatic heterocycles. The van der Waals surface area contributed by atoms with Gasteiger partial charge in [0.25, 0.3) is 0 Å². The molecule has 0 aliphatic carbocycles. The fourth-order valence-electron chi connectivity index (χ4n) is 2.32. The van der Waals surface area contributed by atoms with Crippen LogP contribution in [0.15, 0.2) is 0 Å². The van der Waals surface area contributed by atoms with E-state index < -0.39 is 5.67 Å². The van der Waals surface area contributed by atoms with Crippen LogP contribution in [-0.4, -0.2) is 5.67 Å². The van der Waals surface area contributed by atoms with Crippen molar-refractivity contribution in [2.75, 3.05) is 0 Å². The van der Waals surface area contributed by atoms with Crippen LogP contribution in [0.2, 0.25) is 0 Å². The SMILES string of the molecule is CCCCCCCC(C)(F)CCCCCCC. The second-order valence-corrected chi connectivity index (χ2v) is 5.74. The first-order valence-electron chi connectivity index (χ1n) is 7.81. The molecule has 0 unspecified atom stereocenters. The Balaban J connectivity index is 3.38. The third kappa shape index (κ3) is 12.2. The number of unbranched alkanes of at least 4 members (excludes halogenated alkanes) is 8. The summed E-state index contributed by atoms with van der Waals surface area (Å²) in [6.07, 6.45) is 13.8. The Hall–Kier alpha value is -0.0700. The molecule has 0 saturated carbocycles. The summed E-state index contributed by atoms with van der Waals surface area (Å²) in [5.41, 5.74) is -0.904. The molecule has 0 spiro atoms. The van der Waals surface area contributed by atoms with E-state index in [-0.39, 0.29) is 0 Å². The van der Waals surface area contributed by atoms with Gasteiger partial charge < -0.3 is 0 Å². The molecule has 0 radical (unpaired) electrons. The van der Waals surface area contributed by atoms with Crippen LogP contribution in [0, 0.1) is 0 Å². The van der Waals surface area contributed by atoms with E-state index in [2.05, 4.69) is 13.8 Å². The van der Waals surface area contributed by atoms with E-state index in [1.165, 1.54) is 51.4 Å². The Morgan fingerprint density at radius 2 is 1.00 bits per heavy atom. The molecule has 0 fully saturated rings. The van der Waals surface area contributed by atoms with Crippen molar-refractivity contribution in [1.29, 1.82) is 0 Å². The zero-order valence-electron chi connectivity index (χ0n) is 12.4. The first-order valence-corrected chi connectivity index (χ1v) is 7.81. The van der Waals surface area contributed by atoms with Gasteiger partial charge in [-0.25, -0.2) is 4.39 Å². The van der Waals surface area contributed by atoms with E-state index in [1.54, 1.807) is 6.92 Å². The van der Waals surface area contributed by atoms with E-state index in [0.717, 1.165) is 25.7 Å². The average molecular weight is 244 g/mol. The van der Waals surface area contributed by atoms with Crippen LogP contribution in [0.25, 0.3) is 0 Å². The number of halogens is 1. The summed E-state index contributed by atoms with van der Waals surface area (Å²) < 4.78 is 14.1. The molecule has 0 amide bonds. The lowest BCUT2D eigenvalue weighted by molar-refractivity contribution is 0.151. The summed E-state index contributed by atoms with van der Waals surface area (Å²) in [5.74, 6) is 0. The summed E-state index contributed by atoms with van der Waals surface area (Å²) >= 11 is 0. The molecule has 0 aromatic rings. The lowest BCUT2D eigenvalue weighted by Crippen LogP contribution is -2.17. The van der Waals surface area contributed by atoms with E-state index in [1.807, 2.05) is 0 Å². The molecule has 1 heteroatoms. The predicted molar refractivity (Wildman–Crippen MR) is 76.3 cm³/mol. The van der Waals surface area contributed by atoms with Crippen molar-refractivity contribution < 1.29 is 4.39 Å². The van der Waals surface area contributed by atoms with Gasteiger partial charge in [-0.05, 0) is 19.8 Å². The maximum atomic E-state index is 14.1. The first kappa shape index (κ1) is 16.9. The molecule has 0 aliphatic heterocycles. The van der Waals surface area contributed by atoms with Gasteiger partial charge in [0.05, 0.1) is 0 Å². The number of rotatable bonds is 12. The standard InChI is InChI=1S/C16H33F/c1-4-6-8-10-12-14-16(3,17)15-13-11-9-7-5-2/h4-15H2,1-3H3. The minimum Gasteiger partial charge on any atom is -0.244 e. The minimum absolute atomic E-state index is 0.768. The Labute approximate surface area is 108 Å². The first-order chi connectivity index (χ1) is 8.12. The molecular formula is C16H33F. The van der Waals surface area contributed by atoms with Gasteiger partial charge in [-0.1, -0.05) is 78.1 Å². The highest BCUT2D eigenvalue weighted by Gasteiger charge is 2.21. The molecule has 0 saturated heterocycles. The molecule has 104 valence electrons. The molecule has 0 bridgehead atoms. The summed E-state index contributed by atoms with van der Waals surface area (Å²) in [4.78, 5) is 0. The van der Waals surface area contributed by atoms with E-state index in [4.69, 9.17) is 0 Å². The van der Waals surface area contributed by atoms with Gasteiger partial charge in [0, 0.05) is 0 Å². The Kier molecular flexibility index (Phi) is 11.0. The Morgan fingerprint density at radius 1 is 0.647 bits per heavy atom. The van der Waals surface area contributed by atoms with Gasteiger partial charge in [0.1, 0.15) is 5.67 Å². The maximum Gasteiger partial charge on any atom is 0.108 e. The van der Waals surface area contributed by atoms with Crippen molar-refractivity contribution >= 4 is 0 Å². The Morgan fingerprint density at radius 3 is 1.35 bits per heavy atom. The zero-order chi connectivity index (χ0) is 13.0. The topological polar surface area (TPSA) is 0 Å². The average Bonchev–Trinajstić information content (AvgIpc) is 2.28. The van der Waals surface area contributed by atoms with Gasteiger partial charge >= 0.3 is 0 Å². The van der Waals surface area contributed by atoms with Crippen LogP contribution in [0.4, 0.5) is 4.39 Å². The van der Waals surface area contributed by atoms with Crippen LogP contribution in [0.5, 0.6) is 0 Å². The predicted octanol–water partition coefficient (Wildman–Crippen LogP) is 6.44. The smallest absolute Gasteiger partial charge is 0.108 e. The summed E-state index contributed by atoms with van der Waals surface area (Å²) in [5, 5.41) is 0.